The second kappa shape index (κ2) is 16.4. The van der Waals surface area contributed by atoms with E-state index in [0.717, 1.165) is 29.5 Å². The maximum absolute atomic E-state index is 15.1. The molecule has 0 radical (unpaired) electrons. The Morgan fingerprint density at radius 1 is 0.918 bits per heavy atom. The minimum Gasteiger partial charge on any atom is -0.496 e. The van der Waals surface area contributed by atoms with E-state index in [1.165, 1.54) is 18.4 Å². The minimum atomic E-state index is -1.28. The number of oxime groups is 1. The van der Waals surface area contributed by atoms with Gasteiger partial charge in [-0.2, -0.15) is 0 Å². The first-order valence-corrected chi connectivity index (χ1v) is 21.7. The number of nitrogens with one attached hydrogen (secondary N) is 1. The Morgan fingerprint density at radius 2 is 1.52 bits per heavy atom. The van der Waals surface area contributed by atoms with Crippen LogP contribution in [0.15, 0.2) is 120 Å². The van der Waals surface area contributed by atoms with Crippen LogP contribution in [0.5, 0.6) is 5.75 Å². The zero-order chi connectivity index (χ0) is 43.2. The molecular formula is C48H53BN4O7S. The number of aromatic nitrogens is 1. The number of thiazole rings is 1. The second-order valence-corrected chi connectivity index (χ2v) is 18.9. The highest BCUT2D eigenvalue weighted by molar-refractivity contribution is 7.13. The van der Waals surface area contributed by atoms with Gasteiger partial charge in [0.05, 0.1) is 24.8 Å². The summed E-state index contributed by atoms with van der Waals surface area (Å²) in [5.41, 5.74) is 7.18. The van der Waals surface area contributed by atoms with Gasteiger partial charge in [0, 0.05) is 22.1 Å². The quantitative estimate of drug-likeness (QED) is 0.0393. The van der Waals surface area contributed by atoms with E-state index in [1.54, 1.807) is 17.5 Å². The molecule has 2 heterocycles. The second-order valence-electron chi connectivity index (χ2n) is 18.0. The summed E-state index contributed by atoms with van der Waals surface area (Å²) < 4.78 is 25.5. The zero-order valence-corrected chi connectivity index (χ0v) is 36.5. The summed E-state index contributed by atoms with van der Waals surface area (Å²) in [5, 5.41) is 9.93. The van der Waals surface area contributed by atoms with Gasteiger partial charge < -0.3 is 34.7 Å². The van der Waals surface area contributed by atoms with E-state index in [0.29, 0.717) is 17.2 Å². The number of nitrogen functional groups attached to an aromatic ring is 1. The molecule has 3 N–H and O–H groups in total. The summed E-state index contributed by atoms with van der Waals surface area (Å²) in [5.74, 6) is -0.766. The Hall–Kier alpha value is -5.50. The van der Waals surface area contributed by atoms with E-state index in [4.69, 9.17) is 34.5 Å². The van der Waals surface area contributed by atoms with Crippen LogP contribution in [-0.2, 0) is 35.7 Å². The Labute approximate surface area is 362 Å². The molecule has 1 amide bonds. The lowest BCUT2D eigenvalue weighted by atomic mass is 9.43. The van der Waals surface area contributed by atoms with Crippen molar-refractivity contribution in [1.82, 2.24) is 10.3 Å². The molecule has 13 heteroatoms. The molecule has 3 aliphatic carbocycles. The number of benzene rings is 4. The molecule has 9 rings (SSSR count). The number of esters is 1. The van der Waals surface area contributed by atoms with E-state index in [1.807, 2.05) is 118 Å². The average Bonchev–Trinajstić information content (AvgIpc) is 3.84. The summed E-state index contributed by atoms with van der Waals surface area (Å²) in [6.07, 6.45) is 1.92. The number of hydrogen-bond donors (Lipinski definition) is 2. The Balaban J connectivity index is 1.21. The van der Waals surface area contributed by atoms with Gasteiger partial charge in [-0.3, -0.25) is 4.79 Å². The van der Waals surface area contributed by atoms with Crippen molar-refractivity contribution in [2.45, 2.75) is 89.7 Å². The molecule has 1 saturated heterocycles. The number of amides is 1. The van der Waals surface area contributed by atoms with Crippen molar-refractivity contribution in [3.05, 3.63) is 148 Å². The lowest BCUT2D eigenvalue weighted by molar-refractivity contribution is -0.199. The van der Waals surface area contributed by atoms with E-state index in [9.17, 15) is 4.79 Å². The standard InChI is InChI=1S/C48H53BN4O7S/c1-45(2,3)57-43(55)35-25-17-18-30(41(35)56-7)26-39(49-58-38-28-34-27-37(46(34,4)5)47(38,6)59-49)52-42(54)40(36-29-61-44(50)51-36)53-60-48(31-19-11-8-12-20-31,32-21-13-9-14-22-32)33-23-15-10-16-24-33/h8-25,29,34,37-39H,26-28H2,1-7H3,(H2,50,51)(H,52,54)/b53-40-/t34-,37+,38?,39?,47+/m1/s1. The van der Waals surface area contributed by atoms with E-state index >= 15 is 4.79 Å². The van der Waals surface area contributed by atoms with Gasteiger partial charge in [-0.1, -0.05) is 122 Å². The summed E-state index contributed by atoms with van der Waals surface area (Å²) in [4.78, 5) is 39.9. The number of anilines is 1. The smallest absolute Gasteiger partial charge is 0.482 e. The fourth-order valence-corrected chi connectivity index (χ4v) is 10.2. The van der Waals surface area contributed by atoms with Crippen LogP contribution in [0.3, 0.4) is 0 Å². The highest BCUT2D eigenvalue weighted by Crippen LogP contribution is 2.65. The number of nitrogens with zero attached hydrogens (tertiary/aromatic N) is 2. The predicted octanol–water partition coefficient (Wildman–Crippen LogP) is 8.40. The minimum absolute atomic E-state index is 0.0930. The predicted molar refractivity (Wildman–Crippen MR) is 237 cm³/mol. The number of carbonyl (C=O) groups is 2. The van der Waals surface area contributed by atoms with Crippen LogP contribution in [0, 0.1) is 17.3 Å². The van der Waals surface area contributed by atoms with Gasteiger partial charge in [0.1, 0.15) is 22.6 Å². The Bertz CT molecular complexity index is 2310. The van der Waals surface area contributed by atoms with Crippen LogP contribution in [-0.4, -0.2) is 60.0 Å². The molecule has 4 fully saturated rings. The first-order chi connectivity index (χ1) is 29.1. The van der Waals surface area contributed by atoms with E-state index < -0.39 is 41.7 Å². The van der Waals surface area contributed by atoms with Crippen molar-refractivity contribution in [2.75, 3.05) is 12.8 Å². The van der Waals surface area contributed by atoms with Gasteiger partial charge in [0.25, 0.3) is 5.91 Å². The van der Waals surface area contributed by atoms with Crippen molar-refractivity contribution in [2.24, 2.45) is 22.4 Å². The number of rotatable bonds is 13. The highest BCUT2D eigenvalue weighted by Gasteiger charge is 2.68. The number of ether oxygens (including phenoxy) is 2. The number of carbonyl (C=O) groups excluding carboxylic acids is 2. The van der Waals surface area contributed by atoms with Crippen LogP contribution in [0.4, 0.5) is 5.13 Å². The number of nitrogens with two attached hydrogens (primary N) is 1. The van der Waals surface area contributed by atoms with Gasteiger partial charge in [-0.25, -0.2) is 9.78 Å². The largest absolute Gasteiger partial charge is 0.496 e. The number of hydrogen-bond acceptors (Lipinski definition) is 11. The molecule has 0 spiro atoms. The Morgan fingerprint density at radius 3 is 2.05 bits per heavy atom. The maximum Gasteiger partial charge on any atom is 0.482 e. The molecule has 2 bridgehead atoms. The average molecular weight is 841 g/mol. The van der Waals surface area contributed by atoms with E-state index in [-0.39, 0.29) is 46.0 Å². The van der Waals surface area contributed by atoms with Crippen LogP contribution < -0.4 is 15.8 Å². The van der Waals surface area contributed by atoms with Gasteiger partial charge in [0.2, 0.25) is 5.60 Å². The molecule has 5 aromatic rings. The summed E-state index contributed by atoms with van der Waals surface area (Å²) in [6, 6.07) is 34.7. The third kappa shape index (κ3) is 7.95. The molecule has 61 heavy (non-hydrogen) atoms. The van der Waals surface area contributed by atoms with Crippen molar-refractivity contribution in [3.8, 4) is 5.75 Å². The highest BCUT2D eigenvalue weighted by atomic mass is 32.1. The first kappa shape index (κ1) is 42.2. The van der Waals surface area contributed by atoms with Gasteiger partial charge >= 0.3 is 13.1 Å². The molecule has 4 aromatic carbocycles. The first-order valence-electron chi connectivity index (χ1n) is 20.8. The fourth-order valence-electron chi connectivity index (χ4n) is 9.63. The van der Waals surface area contributed by atoms with Crippen molar-refractivity contribution in [3.63, 3.8) is 0 Å². The van der Waals surface area contributed by atoms with Crippen LogP contribution in [0.1, 0.15) is 92.7 Å². The van der Waals surface area contributed by atoms with Gasteiger partial charge in [0.15, 0.2) is 10.8 Å². The van der Waals surface area contributed by atoms with Crippen LogP contribution in [0.25, 0.3) is 0 Å². The van der Waals surface area contributed by atoms with Crippen molar-refractivity contribution >= 4 is 41.2 Å². The molecule has 1 aromatic heterocycles. The molecule has 3 saturated carbocycles. The SMILES string of the molecule is COc1c(CC(NC(=O)/C(=N\OC(c2ccccc2)(c2ccccc2)c2ccccc2)c2csc(N)n2)B2OC3C[C@H]4C[C@@H](C4(C)C)[C@]3(C)O2)cccc1C(=O)OC(C)(C)C. The van der Waals surface area contributed by atoms with E-state index in [2.05, 4.69) is 31.1 Å². The normalized spacial score (nSPS) is 22.4. The van der Waals surface area contributed by atoms with Gasteiger partial charge in [-0.15, -0.1) is 11.3 Å². The summed E-state index contributed by atoms with van der Waals surface area (Å²) in [7, 11) is 0.657. The molecule has 316 valence electrons. The molecule has 11 nitrogen and oxygen atoms in total. The van der Waals surface area contributed by atoms with Crippen molar-refractivity contribution < 1.29 is 33.2 Å². The lowest BCUT2D eigenvalue weighted by Gasteiger charge is -2.64. The van der Waals surface area contributed by atoms with Crippen molar-refractivity contribution in [1.29, 1.82) is 0 Å². The molecule has 5 atom stereocenters. The molecule has 1 aliphatic heterocycles. The molecule has 4 aliphatic rings. The fraction of sp³-hybridized carbons (Fsp3) is 0.375. The number of para-hydroxylation sites is 1. The maximum atomic E-state index is 15.1. The summed E-state index contributed by atoms with van der Waals surface area (Å²) in [6.45, 7) is 12.2. The molecular weight excluding hydrogens is 787 g/mol. The molecule has 2 unspecified atom stereocenters. The third-order valence-electron chi connectivity index (χ3n) is 12.8. The third-order valence-corrected chi connectivity index (χ3v) is 13.4. The monoisotopic (exact) mass is 840 g/mol. The Kier molecular flexibility index (Phi) is 11.4. The number of methoxy groups -OCH3 is 1. The van der Waals surface area contributed by atoms with Gasteiger partial charge in [-0.05, 0) is 75.8 Å². The zero-order valence-electron chi connectivity index (χ0n) is 35.7. The lowest BCUT2D eigenvalue weighted by Crippen LogP contribution is -2.65. The topological polar surface area (TPSA) is 144 Å². The van der Waals surface area contributed by atoms with Crippen LogP contribution >= 0.6 is 11.3 Å². The summed E-state index contributed by atoms with van der Waals surface area (Å²) >= 11 is 1.19. The van der Waals surface area contributed by atoms with Crippen LogP contribution in [0.2, 0.25) is 0 Å².